The summed E-state index contributed by atoms with van der Waals surface area (Å²) in [7, 11) is 0. The Kier molecular flexibility index (Phi) is 7.20. The molecule has 2 aromatic carbocycles. The average Bonchev–Trinajstić information content (AvgIpc) is 2.70. The van der Waals surface area contributed by atoms with Crippen molar-refractivity contribution >= 4 is 17.7 Å². The quantitative estimate of drug-likeness (QED) is 0.573. The number of hydrogen-bond donors (Lipinski definition) is 1. The van der Waals surface area contributed by atoms with Crippen LogP contribution >= 0.6 is 11.8 Å². The van der Waals surface area contributed by atoms with Gasteiger partial charge in [-0.15, -0.1) is 11.8 Å². The molecule has 0 saturated heterocycles. The van der Waals surface area contributed by atoms with Crippen molar-refractivity contribution in [1.82, 2.24) is 15.3 Å². The van der Waals surface area contributed by atoms with Gasteiger partial charge < -0.3 is 5.32 Å². The van der Waals surface area contributed by atoms with Crippen LogP contribution in [0.25, 0.3) is 11.4 Å². The SMILES string of the molecule is CC(C)Sc1ccc(CC(=O)NCCc2cnc(-c3ccccc3)nc2)cc1. The minimum absolute atomic E-state index is 0.0334. The van der Waals surface area contributed by atoms with Gasteiger partial charge in [-0.2, -0.15) is 0 Å². The molecule has 144 valence electrons. The fourth-order valence-corrected chi connectivity index (χ4v) is 3.61. The Hall–Kier alpha value is -2.66. The molecule has 1 N–H and O–H groups in total. The Morgan fingerprint density at radius 1 is 0.964 bits per heavy atom. The maximum Gasteiger partial charge on any atom is 0.224 e. The van der Waals surface area contributed by atoms with Crippen LogP contribution in [0.3, 0.4) is 0 Å². The number of nitrogens with zero attached hydrogens (tertiary/aromatic N) is 2. The molecule has 3 rings (SSSR count). The van der Waals surface area contributed by atoms with E-state index in [0.717, 1.165) is 16.7 Å². The number of aromatic nitrogens is 2. The molecule has 1 aromatic heterocycles. The van der Waals surface area contributed by atoms with Gasteiger partial charge in [0.05, 0.1) is 6.42 Å². The first-order chi connectivity index (χ1) is 13.6. The predicted octanol–water partition coefficient (Wildman–Crippen LogP) is 4.55. The molecule has 0 bridgehead atoms. The van der Waals surface area contributed by atoms with Crippen molar-refractivity contribution in [1.29, 1.82) is 0 Å². The van der Waals surface area contributed by atoms with E-state index in [9.17, 15) is 4.79 Å². The first kappa shape index (κ1) is 20.1. The molecule has 0 aliphatic heterocycles. The highest BCUT2D eigenvalue weighted by atomic mass is 32.2. The molecule has 5 heteroatoms. The minimum atomic E-state index is 0.0334. The molecule has 1 amide bonds. The number of carbonyl (C=O) groups excluding carboxylic acids is 1. The Morgan fingerprint density at radius 2 is 1.64 bits per heavy atom. The van der Waals surface area contributed by atoms with E-state index in [-0.39, 0.29) is 5.91 Å². The average molecular weight is 392 g/mol. The summed E-state index contributed by atoms with van der Waals surface area (Å²) < 4.78 is 0. The molecule has 4 nitrogen and oxygen atoms in total. The van der Waals surface area contributed by atoms with Gasteiger partial charge in [-0.1, -0.05) is 56.3 Å². The van der Waals surface area contributed by atoms with Crippen molar-refractivity contribution in [2.24, 2.45) is 0 Å². The van der Waals surface area contributed by atoms with Gasteiger partial charge in [0.2, 0.25) is 5.91 Å². The molecule has 0 aliphatic carbocycles. The lowest BCUT2D eigenvalue weighted by atomic mass is 10.1. The third kappa shape index (κ3) is 6.20. The van der Waals surface area contributed by atoms with E-state index in [0.29, 0.717) is 30.5 Å². The lowest BCUT2D eigenvalue weighted by Gasteiger charge is -2.08. The Balaban J connectivity index is 1.44. The number of benzene rings is 2. The van der Waals surface area contributed by atoms with E-state index in [4.69, 9.17) is 0 Å². The second kappa shape index (κ2) is 10.0. The molecule has 0 aliphatic rings. The van der Waals surface area contributed by atoms with Gasteiger partial charge in [-0.3, -0.25) is 4.79 Å². The van der Waals surface area contributed by atoms with E-state index >= 15 is 0 Å². The van der Waals surface area contributed by atoms with Crippen molar-refractivity contribution < 1.29 is 4.79 Å². The van der Waals surface area contributed by atoms with Gasteiger partial charge in [0, 0.05) is 34.6 Å². The highest BCUT2D eigenvalue weighted by Gasteiger charge is 2.05. The molecule has 0 fully saturated rings. The monoisotopic (exact) mass is 391 g/mol. The summed E-state index contributed by atoms with van der Waals surface area (Å²) in [5.41, 5.74) is 3.04. The lowest BCUT2D eigenvalue weighted by Crippen LogP contribution is -2.27. The smallest absolute Gasteiger partial charge is 0.224 e. The minimum Gasteiger partial charge on any atom is -0.355 e. The summed E-state index contributed by atoms with van der Waals surface area (Å²) in [6.45, 7) is 4.92. The first-order valence-corrected chi connectivity index (χ1v) is 10.4. The van der Waals surface area contributed by atoms with Crippen LogP contribution in [0.5, 0.6) is 0 Å². The van der Waals surface area contributed by atoms with Crippen LogP contribution in [-0.4, -0.2) is 27.7 Å². The van der Waals surface area contributed by atoms with Crippen LogP contribution < -0.4 is 5.32 Å². The van der Waals surface area contributed by atoms with Crippen molar-refractivity contribution in [3.8, 4) is 11.4 Å². The first-order valence-electron chi connectivity index (χ1n) is 9.49. The van der Waals surface area contributed by atoms with Crippen molar-refractivity contribution in [2.45, 2.75) is 36.8 Å². The molecule has 1 heterocycles. The fraction of sp³-hybridized carbons (Fsp3) is 0.261. The zero-order chi connectivity index (χ0) is 19.8. The van der Waals surface area contributed by atoms with Gasteiger partial charge in [-0.05, 0) is 29.7 Å². The summed E-state index contributed by atoms with van der Waals surface area (Å²) >= 11 is 1.82. The van der Waals surface area contributed by atoms with Gasteiger partial charge in [-0.25, -0.2) is 9.97 Å². The van der Waals surface area contributed by atoms with Gasteiger partial charge in [0.1, 0.15) is 0 Å². The molecule has 0 atom stereocenters. The molecule has 0 spiro atoms. The predicted molar refractivity (Wildman–Crippen MR) is 115 cm³/mol. The number of amides is 1. The Labute approximate surface area is 170 Å². The van der Waals surface area contributed by atoms with Crippen molar-refractivity contribution in [2.75, 3.05) is 6.54 Å². The van der Waals surface area contributed by atoms with E-state index < -0.39 is 0 Å². The largest absolute Gasteiger partial charge is 0.355 e. The molecule has 0 saturated carbocycles. The summed E-state index contributed by atoms with van der Waals surface area (Å²) in [5, 5.41) is 3.53. The number of hydrogen-bond acceptors (Lipinski definition) is 4. The Bertz CT molecular complexity index is 878. The molecular formula is C23H25N3OS. The maximum atomic E-state index is 12.2. The van der Waals surface area contributed by atoms with Crippen LogP contribution in [0.4, 0.5) is 0 Å². The van der Waals surface area contributed by atoms with Crippen molar-refractivity contribution in [3.63, 3.8) is 0 Å². The summed E-state index contributed by atoms with van der Waals surface area (Å²) in [6, 6.07) is 18.1. The normalized spacial score (nSPS) is 10.8. The van der Waals surface area contributed by atoms with Gasteiger partial charge >= 0.3 is 0 Å². The van der Waals surface area contributed by atoms with Gasteiger partial charge in [0.25, 0.3) is 0 Å². The summed E-state index contributed by atoms with van der Waals surface area (Å²) in [4.78, 5) is 22.2. The van der Waals surface area contributed by atoms with E-state index in [1.807, 2.05) is 66.6 Å². The zero-order valence-corrected chi connectivity index (χ0v) is 17.1. The van der Waals surface area contributed by atoms with Crippen LogP contribution in [0, 0.1) is 0 Å². The molecule has 0 radical (unpaired) electrons. The number of nitrogens with one attached hydrogen (secondary N) is 1. The number of thioether (sulfide) groups is 1. The highest BCUT2D eigenvalue weighted by Crippen LogP contribution is 2.23. The van der Waals surface area contributed by atoms with E-state index in [1.165, 1.54) is 4.90 Å². The second-order valence-corrected chi connectivity index (χ2v) is 8.52. The summed E-state index contributed by atoms with van der Waals surface area (Å²) in [6.07, 6.45) is 4.76. The second-order valence-electron chi connectivity index (χ2n) is 6.87. The molecule has 3 aromatic rings. The number of rotatable bonds is 8. The number of carbonyl (C=O) groups is 1. The molecular weight excluding hydrogens is 366 g/mol. The zero-order valence-electron chi connectivity index (χ0n) is 16.3. The topological polar surface area (TPSA) is 54.9 Å². The van der Waals surface area contributed by atoms with Crippen molar-refractivity contribution in [3.05, 3.63) is 78.1 Å². The third-order valence-corrected chi connectivity index (χ3v) is 5.15. The van der Waals surface area contributed by atoms with Crippen LogP contribution in [0.1, 0.15) is 25.0 Å². The van der Waals surface area contributed by atoms with E-state index in [2.05, 4.69) is 41.3 Å². The maximum absolute atomic E-state index is 12.2. The fourth-order valence-electron chi connectivity index (χ4n) is 2.77. The van der Waals surface area contributed by atoms with Gasteiger partial charge in [0.15, 0.2) is 5.82 Å². The van der Waals surface area contributed by atoms with Crippen LogP contribution in [0.15, 0.2) is 71.9 Å². The third-order valence-electron chi connectivity index (χ3n) is 4.13. The lowest BCUT2D eigenvalue weighted by molar-refractivity contribution is -0.120. The Morgan fingerprint density at radius 3 is 2.29 bits per heavy atom. The molecule has 0 unspecified atom stereocenters. The standard InChI is InChI=1S/C23H25N3OS/c1-17(2)28-21-10-8-18(9-11-21)14-22(27)24-13-12-19-15-25-23(26-16-19)20-6-4-3-5-7-20/h3-11,15-17H,12-14H2,1-2H3,(H,24,27). The van der Waals surface area contributed by atoms with Crippen LogP contribution in [0.2, 0.25) is 0 Å². The van der Waals surface area contributed by atoms with Crippen LogP contribution in [-0.2, 0) is 17.6 Å². The molecule has 28 heavy (non-hydrogen) atoms. The highest BCUT2D eigenvalue weighted by molar-refractivity contribution is 7.99. The summed E-state index contributed by atoms with van der Waals surface area (Å²) in [5.74, 6) is 0.749. The van der Waals surface area contributed by atoms with E-state index in [1.54, 1.807) is 0 Å².